The van der Waals surface area contributed by atoms with Crippen LogP contribution in [0, 0.1) is 0 Å². The Morgan fingerprint density at radius 2 is 1.88 bits per heavy atom. The third-order valence-corrected chi connectivity index (χ3v) is 3.67. The van der Waals surface area contributed by atoms with Gasteiger partial charge in [0.05, 0.1) is 29.1 Å². The number of nitrogens with one attached hydrogen (secondary N) is 2. The van der Waals surface area contributed by atoms with Gasteiger partial charge in [-0.3, -0.25) is 4.79 Å². The Hall–Kier alpha value is -2.41. The number of amides is 1. The summed E-state index contributed by atoms with van der Waals surface area (Å²) < 4.78 is 43.3. The van der Waals surface area contributed by atoms with E-state index in [0.29, 0.717) is 11.4 Å². The summed E-state index contributed by atoms with van der Waals surface area (Å²) in [6.07, 6.45) is -4.41. The highest BCUT2D eigenvalue weighted by atomic mass is 35.5. The molecule has 2 aromatic carbocycles. The number of carbonyl (C=O) groups is 1. The van der Waals surface area contributed by atoms with Crippen molar-refractivity contribution in [3.8, 4) is 5.75 Å². The Morgan fingerprint density at radius 3 is 2.56 bits per heavy atom. The van der Waals surface area contributed by atoms with E-state index in [2.05, 4.69) is 10.6 Å². The highest BCUT2D eigenvalue weighted by Gasteiger charge is 2.30. The van der Waals surface area contributed by atoms with Gasteiger partial charge in [-0.2, -0.15) is 13.2 Å². The molecule has 0 heterocycles. The number of hydrogen-bond acceptors (Lipinski definition) is 3. The van der Waals surface area contributed by atoms with Crippen LogP contribution in [-0.4, -0.2) is 19.6 Å². The van der Waals surface area contributed by atoms with Crippen molar-refractivity contribution in [3.05, 3.63) is 53.1 Å². The van der Waals surface area contributed by atoms with E-state index in [0.717, 1.165) is 12.1 Å². The van der Waals surface area contributed by atoms with Crippen molar-refractivity contribution in [2.75, 3.05) is 24.3 Å². The van der Waals surface area contributed by atoms with Crippen LogP contribution in [0.2, 0.25) is 5.02 Å². The molecule has 0 spiro atoms. The van der Waals surface area contributed by atoms with E-state index in [4.69, 9.17) is 16.3 Å². The molecule has 0 aliphatic heterocycles. The maximum atomic E-state index is 12.7. The van der Waals surface area contributed by atoms with Gasteiger partial charge >= 0.3 is 6.18 Å². The number of methoxy groups -OCH3 is 1. The molecule has 25 heavy (non-hydrogen) atoms. The quantitative estimate of drug-likeness (QED) is 0.765. The van der Waals surface area contributed by atoms with Gasteiger partial charge in [0.1, 0.15) is 5.75 Å². The molecule has 0 radical (unpaired) electrons. The van der Waals surface area contributed by atoms with Crippen molar-refractivity contribution in [2.45, 2.75) is 12.6 Å². The lowest BCUT2D eigenvalue weighted by Crippen LogP contribution is -2.17. The summed E-state index contributed by atoms with van der Waals surface area (Å²) >= 11 is 5.88. The number of benzene rings is 2. The average Bonchev–Trinajstić information content (AvgIpc) is 2.56. The molecule has 0 aliphatic carbocycles. The molecule has 4 nitrogen and oxygen atoms in total. The summed E-state index contributed by atoms with van der Waals surface area (Å²) in [5.74, 6) is 0.213. The van der Waals surface area contributed by atoms with E-state index in [9.17, 15) is 18.0 Å². The molecule has 0 unspecified atom stereocenters. The first-order valence-corrected chi connectivity index (χ1v) is 7.72. The van der Waals surface area contributed by atoms with Gasteiger partial charge in [-0.1, -0.05) is 23.7 Å². The first-order valence-electron chi connectivity index (χ1n) is 7.34. The van der Waals surface area contributed by atoms with Crippen LogP contribution in [0.3, 0.4) is 0 Å². The molecular formula is C17H16ClF3N2O2. The first kappa shape index (κ1) is 18.9. The van der Waals surface area contributed by atoms with Crippen LogP contribution in [-0.2, 0) is 11.0 Å². The molecule has 0 fully saturated rings. The third-order valence-electron chi connectivity index (χ3n) is 3.34. The van der Waals surface area contributed by atoms with Gasteiger partial charge in [-0.15, -0.1) is 0 Å². The van der Waals surface area contributed by atoms with Crippen molar-refractivity contribution >= 4 is 28.9 Å². The molecule has 2 rings (SSSR count). The molecule has 2 aromatic rings. The van der Waals surface area contributed by atoms with E-state index in [1.807, 2.05) is 0 Å². The van der Waals surface area contributed by atoms with E-state index >= 15 is 0 Å². The number of rotatable bonds is 6. The molecule has 8 heteroatoms. The van der Waals surface area contributed by atoms with E-state index < -0.39 is 11.7 Å². The fraction of sp³-hybridized carbons (Fsp3) is 0.235. The molecular weight excluding hydrogens is 357 g/mol. The van der Waals surface area contributed by atoms with Crippen molar-refractivity contribution in [3.63, 3.8) is 0 Å². The van der Waals surface area contributed by atoms with Crippen molar-refractivity contribution in [1.82, 2.24) is 0 Å². The lowest BCUT2D eigenvalue weighted by Gasteiger charge is -2.13. The zero-order chi connectivity index (χ0) is 18.4. The van der Waals surface area contributed by atoms with Crippen LogP contribution in [0.5, 0.6) is 5.75 Å². The van der Waals surface area contributed by atoms with Gasteiger partial charge in [0, 0.05) is 13.0 Å². The number of halogens is 4. The highest BCUT2D eigenvalue weighted by molar-refractivity contribution is 6.33. The Kier molecular flexibility index (Phi) is 6.14. The molecule has 0 aromatic heterocycles. The number of carbonyl (C=O) groups excluding carboxylic acids is 1. The minimum Gasteiger partial charge on any atom is -0.495 e. The van der Waals surface area contributed by atoms with Crippen LogP contribution in [0.1, 0.15) is 12.0 Å². The summed E-state index contributed by atoms with van der Waals surface area (Å²) in [5.41, 5.74) is -0.161. The second-order valence-corrected chi connectivity index (χ2v) is 5.52. The zero-order valence-corrected chi connectivity index (χ0v) is 14.0. The maximum Gasteiger partial charge on any atom is 0.416 e. The maximum absolute atomic E-state index is 12.7. The largest absolute Gasteiger partial charge is 0.495 e. The van der Waals surface area contributed by atoms with Gasteiger partial charge in [-0.05, 0) is 30.3 Å². The summed E-state index contributed by atoms with van der Waals surface area (Å²) in [7, 11) is 1.49. The molecule has 0 aliphatic rings. The topological polar surface area (TPSA) is 50.4 Å². The Balaban J connectivity index is 1.93. The molecule has 1 amide bonds. The number of alkyl halides is 3. The number of para-hydroxylation sites is 2. The third kappa shape index (κ3) is 5.29. The normalized spacial score (nSPS) is 11.1. The van der Waals surface area contributed by atoms with Crippen molar-refractivity contribution < 1.29 is 22.7 Å². The molecule has 0 saturated carbocycles. The minimum atomic E-state index is -4.46. The van der Waals surface area contributed by atoms with E-state index in [-0.39, 0.29) is 29.6 Å². The summed E-state index contributed by atoms with van der Waals surface area (Å²) in [4.78, 5) is 12.0. The first-order chi connectivity index (χ1) is 11.8. The van der Waals surface area contributed by atoms with Gasteiger partial charge in [0.25, 0.3) is 0 Å². The Bertz CT molecular complexity index is 751. The lowest BCUT2D eigenvalue weighted by molar-refractivity contribution is -0.137. The van der Waals surface area contributed by atoms with E-state index in [1.54, 1.807) is 24.3 Å². The van der Waals surface area contributed by atoms with Crippen molar-refractivity contribution in [2.24, 2.45) is 0 Å². The molecule has 0 atom stereocenters. The number of ether oxygens (including phenoxy) is 1. The van der Waals surface area contributed by atoms with Crippen LogP contribution in [0.15, 0.2) is 42.5 Å². The fourth-order valence-electron chi connectivity index (χ4n) is 2.11. The van der Waals surface area contributed by atoms with Crippen LogP contribution in [0.4, 0.5) is 24.5 Å². The number of hydrogen-bond donors (Lipinski definition) is 2. The molecule has 134 valence electrons. The predicted molar refractivity (Wildman–Crippen MR) is 91.2 cm³/mol. The smallest absolute Gasteiger partial charge is 0.416 e. The van der Waals surface area contributed by atoms with E-state index in [1.165, 1.54) is 13.2 Å². The molecule has 2 N–H and O–H groups in total. The van der Waals surface area contributed by atoms with Crippen LogP contribution >= 0.6 is 11.6 Å². The van der Waals surface area contributed by atoms with Gasteiger partial charge in [0.15, 0.2) is 0 Å². The van der Waals surface area contributed by atoms with Crippen LogP contribution < -0.4 is 15.4 Å². The summed E-state index contributed by atoms with van der Waals surface area (Å²) in [6, 6.07) is 9.90. The minimum absolute atomic E-state index is 0.0463. The lowest BCUT2D eigenvalue weighted by atomic mass is 10.2. The second kappa shape index (κ2) is 8.11. The van der Waals surface area contributed by atoms with Crippen molar-refractivity contribution in [1.29, 1.82) is 0 Å². The van der Waals surface area contributed by atoms with Crippen LogP contribution in [0.25, 0.3) is 0 Å². The average molecular weight is 373 g/mol. The SMILES string of the molecule is COc1ccccc1NC(=O)CCNc1cc(C(F)(F)F)ccc1Cl. The Labute approximate surface area is 147 Å². The fourth-order valence-corrected chi connectivity index (χ4v) is 2.29. The monoisotopic (exact) mass is 372 g/mol. The predicted octanol–water partition coefficient (Wildman–Crippen LogP) is 4.81. The zero-order valence-electron chi connectivity index (χ0n) is 13.3. The van der Waals surface area contributed by atoms with Gasteiger partial charge in [0.2, 0.25) is 5.91 Å². The summed E-state index contributed by atoms with van der Waals surface area (Å²) in [6.45, 7) is 0.127. The van der Waals surface area contributed by atoms with Gasteiger partial charge < -0.3 is 15.4 Å². The van der Waals surface area contributed by atoms with Gasteiger partial charge in [-0.25, -0.2) is 0 Å². The molecule has 0 bridgehead atoms. The highest BCUT2D eigenvalue weighted by Crippen LogP contribution is 2.33. The number of anilines is 2. The second-order valence-electron chi connectivity index (χ2n) is 5.12. The standard InChI is InChI=1S/C17H16ClF3N2O2/c1-25-15-5-3-2-4-13(15)23-16(24)8-9-22-14-10-11(17(19,20)21)6-7-12(14)18/h2-7,10,22H,8-9H2,1H3,(H,23,24). The Morgan fingerprint density at radius 1 is 1.16 bits per heavy atom. The molecule has 0 saturated heterocycles. The summed E-state index contributed by atoms with van der Waals surface area (Å²) in [5, 5.41) is 5.58.